The van der Waals surface area contributed by atoms with Crippen LogP contribution in [0.5, 0.6) is 0 Å². The van der Waals surface area contributed by atoms with E-state index in [0.29, 0.717) is 10.4 Å². The van der Waals surface area contributed by atoms with Gasteiger partial charge in [0.15, 0.2) is 0 Å². The van der Waals surface area contributed by atoms with Crippen LogP contribution < -0.4 is 5.73 Å². The molecule has 2 rings (SSSR count). The first-order valence-corrected chi connectivity index (χ1v) is 7.58. The Morgan fingerprint density at radius 3 is 2.59 bits per heavy atom. The third kappa shape index (κ3) is 3.52. The second-order valence-electron chi connectivity index (χ2n) is 4.95. The molecule has 2 N–H and O–H groups in total. The van der Waals surface area contributed by atoms with Gasteiger partial charge in [-0.25, -0.2) is 4.98 Å². The number of thioether (sulfide) groups is 1. The molecule has 0 saturated carbocycles. The van der Waals surface area contributed by atoms with Gasteiger partial charge in [0.1, 0.15) is 5.03 Å². The smallest absolute Gasteiger partial charge is 0.366 e. The highest BCUT2D eigenvalue weighted by Gasteiger charge is 2.30. The van der Waals surface area contributed by atoms with Crippen LogP contribution in [-0.4, -0.2) is 16.1 Å². The summed E-state index contributed by atoms with van der Waals surface area (Å²) >= 11 is 1.33. The Bertz CT molecular complexity index is 716. The van der Waals surface area contributed by atoms with Crippen molar-refractivity contribution in [2.24, 2.45) is 5.73 Å². The van der Waals surface area contributed by atoms with Gasteiger partial charge in [0.25, 0.3) is 5.91 Å². The number of nitrogens with two attached hydrogens (primary N) is 1. The van der Waals surface area contributed by atoms with Crippen molar-refractivity contribution >= 4 is 28.6 Å². The summed E-state index contributed by atoms with van der Waals surface area (Å²) in [6, 6.07) is 4.75. The maximum Gasteiger partial charge on any atom is 0.416 e. The Morgan fingerprint density at radius 1 is 1.36 bits per heavy atom. The number of hydrogen-bond donors (Lipinski definition) is 1. The van der Waals surface area contributed by atoms with E-state index in [0.717, 1.165) is 18.6 Å². The molecule has 118 valence electrons. The Labute approximate surface area is 130 Å². The van der Waals surface area contributed by atoms with Gasteiger partial charge in [-0.05, 0) is 24.6 Å². The van der Waals surface area contributed by atoms with Gasteiger partial charge in [0, 0.05) is 10.6 Å². The highest BCUT2D eigenvalue weighted by atomic mass is 32.2. The van der Waals surface area contributed by atoms with E-state index in [1.807, 2.05) is 13.8 Å². The van der Waals surface area contributed by atoms with Crippen molar-refractivity contribution < 1.29 is 18.0 Å². The van der Waals surface area contributed by atoms with E-state index in [-0.39, 0.29) is 16.3 Å². The molecule has 2 aromatic rings. The second kappa shape index (κ2) is 6.16. The van der Waals surface area contributed by atoms with Gasteiger partial charge in [0.2, 0.25) is 0 Å². The van der Waals surface area contributed by atoms with Crippen molar-refractivity contribution in [3.05, 3.63) is 35.4 Å². The molecule has 0 spiro atoms. The number of rotatable bonds is 4. The number of benzene rings is 1. The minimum Gasteiger partial charge on any atom is -0.366 e. The molecule has 0 fully saturated rings. The molecule has 0 aliphatic carbocycles. The lowest BCUT2D eigenvalue weighted by Gasteiger charge is -2.13. The van der Waals surface area contributed by atoms with Crippen LogP contribution >= 0.6 is 11.8 Å². The van der Waals surface area contributed by atoms with Crippen molar-refractivity contribution in [1.29, 1.82) is 0 Å². The van der Waals surface area contributed by atoms with Crippen LogP contribution in [0.25, 0.3) is 10.9 Å². The number of aromatic nitrogens is 1. The lowest BCUT2D eigenvalue weighted by atomic mass is 10.1. The number of halogens is 3. The normalized spacial score (nSPS) is 13.3. The Hall–Kier alpha value is -1.76. The molecule has 1 aromatic carbocycles. The molecular weight excluding hydrogens is 313 g/mol. The lowest BCUT2D eigenvalue weighted by molar-refractivity contribution is -0.137. The van der Waals surface area contributed by atoms with Crippen molar-refractivity contribution in [3.8, 4) is 0 Å². The molecular formula is C15H15F3N2OS. The summed E-state index contributed by atoms with van der Waals surface area (Å²) in [4.78, 5) is 15.8. The fraction of sp³-hybridized carbons (Fsp3) is 0.333. The van der Waals surface area contributed by atoms with Gasteiger partial charge in [0.05, 0.1) is 16.6 Å². The number of fused-ring (bicyclic) bond motifs is 1. The minimum absolute atomic E-state index is 0.175. The third-order valence-electron chi connectivity index (χ3n) is 3.26. The van der Waals surface area contributed by atoms with Crippen LogP contribution in [-0.2, 0) is 6.18 Å². The topological polar surface area (TPSA) is 56.0 Å². The van der Waals surface area contributed by atoms with Gasteiger partial charge in [-0.1, -0.05) is 19.9 Å². The average Bonchev–Trinajstić information content (AvgIpc) is 2.44. The molecule has 0 saturated heterocycles. The lowest BCUT2D eigenvalue weighted by Crippen LogP contribution is -2.14. The molecule has 1 aromatic heterocycles. The highest BCUT2D eigenvalue weighted by Crippen LogP contribution is 2.33. The molecule has 3 nitrogen and oxygen atoms in total. The predicted molar refractivity (Wildman–Crippen MR) is 80.9 cm³/mol. The number of carbonyl (C=O) groups excluding carboxylic acids is 1. The first kappa shape index (κ1) is 16.6. The van der Waals surface area contributed by atoms with Gasteiger partial charge in [-0.15, -0.1) is 11.8 Å². The molecule has 1 heterocycles. The fourth-order valence-electron chi connectivity index (χ4n) is 1.87. The van der Waals surface area contributed by atoms with Crippen molar-refractivity contribution in [2.75, 3.05) is 0 Å². The molecule has 7 heteroatoms. The van der Waals surface area contributed by atoms with Crippen LogP contribution in [0.15, 0.2) is 29.3 Å². The van der Waals surface area contributed by atoms with E-state index >= 15 is 0 Å². The molecule has 0 aliphatic rings. The zero-order valence-electron chi connectivity index (χ0n) is 12.1. The summed E-state index contributed by atoms with van der Waals surface area (Å²) in [6.07, 6.45) is -3.59. The zero-order chi connectivity index (χ0) is 16.5. The summed E-state index contributed by atoms with van der Waals surface area (Å²) in [7, 11) is 0. The molecule has 0 radical (unpaired) electrons. The van der Waals surface area contributed by atoms with E-state index in [2.05, 4.69) is 4.98 Å². The largest absolute Gasteiger partial charge is 0.416 e. The maximum absolute atomic E-state index is 12.8. The molecule has 1 atom stereocenters. The van der Waals surface area contributed by atoms with E-state index in [4.69, 9.17) is 5.73 Å². The number of hydrogen-bond acceptors (Lipinski definition) is 3. The van der Waals surface area contributed by atoms with Crippen molar-refractivity contribution in [3.63, 3.8) is 0 Å². The minimum atomic E-state index is -4.43. The summed E-state index contributed by atoms with van der Waals surface area (Å²) in [5.41, 5.74) is 5.02. The zero-order valence-corrected chi connectivity index (χ0v) is 12.9. The maximum atomic E-state index is 12.8. The first-order valence-electron chi connectivity index (χ1n) is 6.70. The van der Waals surface area contributed by atoms with Gasteiger partial charge in [-0.3, -0.25) is 4.79 Å². The van der Waals surface area contributed by atoms with Crippen LogP contribution in [0.4, 0.5) is 13.2 Å². The number of pyridine rings is 1. The predicted octanol–water partition coefficient (Wildman–Crippen LogP) is 4.24. The monoisotopic (exact) mass is 328 g/mol. The molecule has 0 bridgehead atoms. The highest BCUT2D eigenvalue weighted by molar-refractivity contribution is 7.99. The summed E-state index contributed by atoms with van der Waals surface area (Å²) in [5.74, 6) is -0.639. The summed E-state index contributed by atoms with van der Waals surface area (Å²) in [5, 5.41) is 0.998. The quantitative estimate of drug-likeness (QED) is 0.854. The van der Waals surface area contributed by atoms with Crippen molar-refractivity contribution in [2.45, 2.75) is 36.7 Å². The van der Waals surface area contributed by atoms with E-state index in [1.165, 1.54) is 23.9 Å². The Morgan fingerprint density at radius 2 is 2.05 bits per heavy atom. The number of primary amides is 1. The first-order chi connectivity index (χ1) is 10.2. The van der Waals surface area contributed by atoms with E-state index in [9.17, 15) is 18.0 Å². The van der Waals surface area contributed by atoms with Crippen LogP contribution in [0.2, 0.25) is 0 Å². The standard InChI is InChI=1S/C15H15F3N2OS/c1-3-8(2)22-14-11(13(19)21)6-9-4-5-10(15(16,17)18)7-12(9)20-14/h4-8H,3H2,1-2H3,(H2,19,21). The molecule has 22 heavy (non-hydrogen) atoms. The second-order valence-corrected chi connectivity index (χ2v) is 6.37. The molecule has 1 amide bonds. The number of nitrogens with zero attached hydrogens (tertiary/aromatic N) is 1. The Balaban J connectivity index is 2.60. The van der Waals surface area contributed by atoms with E-state index in [1.54, 1.807) is 0 Å². The number of alkyl halides is 3. The number of amides is 1. The summed E-state index contributed by atoms with van der Waals surface area (Å²) < 4.78 is 38.3. The van der Waals surface area contributed by atoms with Gasteiger partial charge < -0.3 is 5.73 Å². The molecule has 0 aliphatic heterocycles. The Kier molecular flexibility index (Phi) is 4.65. The number of carbonyl (C=O) groups is 1. The van der Waals surface area contributed by atoms with Gasteiger partial charge in [-0.2, -0.15) is 13.2 Å². The third-order valence-corrected chi connectivity index (χ3v) is 4.53. The van der Waals surface area contributed by atoms with Crippen LogP contribution in [0.3, 0.4) is 0 Å². The molecule has 1 unspecified atom stereocenters. The fourth-order valence-corrected chi connectivity index (χ4v) is 2.85. The summed E-state index contributed by atoms with van der Waals surface area (Å²) in [6.45, 7) is 3.93. The van der Waals surface area contributed by atoms with Crippen molar-refractivity contribution in [1.82, 2.24) is 4.98 Å². The SMILES string of the molecule is CCC(C)Sc1nc2cc(C(F)(F)F)ccc2cc1C(N)=O. The average molecular weight is 328 g/mol. The van der Waals surface area contributed by atoms with Crippen LogP contribution in [0, 0.1) is 0 Å². The van der Waals surface area contributed by atoms with Gasteiger partial charge >= 0.3 is 6.18 Å². The van der Waals surface area contributed by atoms with E-state index < -0.39 is 17.6 Å². The van der Waals surface area contributed by atoms with Crippen LogP contribution in [0.1, 0.15) is 36.2 Å².